The predicted molar refractivity (Wildman–Crippen MR) is 70.9 cm³/mol. The molecule has 96 valence electrons. The second kappa shape index (κ2) is 8.04. The van der Waals surface area contributed by atoms with Crippen LogP contribution < -0.4 is 5.32 Å². The van der Waals surface area contributed by atoms with Gasteiger partial charge in [-0.2, -0.15) is 0 Å². The minimum absolute atomic E-state index is 0.659. The molecule has 0 saturated carbocycles. The van der Waals surface area contributed by atoms with E-state index in [1.54, 1.807) is 0 Å². The lowest BCUT2D eigenvalue weighted by Gasteiger charge is -2.21. The fourth-order valence-electron chi connectivity index (χ4n) is 2.07. The molecule has 0 unspecified atom stereocenters. The number of hydrogen-bond donors (Lipinski definition) is 1. The zero-order valence-electron chi connectivity index (χ0n) is 11.3. The Morgan fingerprint density at radius 2 is 1.88 bits per heavy atom. The van der Waals surface area contributed by atoms with Gasteiger partial charge in [0.15, 0.2) is 0 Å². The third-order valence-corrected chi connectivity index (χ3v) is 3.55. The van der Waals surface area contributed by atoms with Gasteiger partial charge in [0.05, 0.1) is 0 Å². The topological polar surface area (TPSA) is 18.5 Å². The Morgan fingerprint density at radius 1 is 1.19 bits per heavy atom. The molecular weight excluding hydrogens is 198 g/mol. The number of likely N-dealkylation sites (tertiary alicyclic amines) is 1. The van der Waals surface area contributed by atoms with E-state index in [-0.39, 0.29) is 0 Å². The van der Waals surface area contributed by atoms with Gasteiger partial charge in [-0.1, -0.05) is 0 Å². The van der Waals surface area contributed by atoms with E-state index in [0.29, 0.717) is 6.04 Å². The average Bonchev–Trinajstić information content (AvgIpc) is 2.75. The van der Waals surface area contributed by atoms with Gasteiger partial charge in [0.2, 0.25) is 0 Å². The number of hydrogen-bond acceptors (Lipinski definition) is 3. The minimum atomic E-state index is 0.659. The maximum atomic E-state index is 3.53. The van der Waals surface area contributed by atoms with E-state index in [1.807, 2.05) is 0 Å². The van der Waals surface area contributed by atoms with Crippen molar-refractivity contribution in [3.8, 4) is 0 Å². The second-order valence-electron chi connectivity index (χ2n) is 5.23. The molecule has 0 amide bonds. The van der Waals surface area contributed by atoms with Crippen molar-refractivity contribution in [1.29, 1.82) is 0 Å². The number of nitrogens with one attached hydrogen (secondary N) is 1. The Bertz CT molecular complexity index is 159. The summed E-state index contributed by atoms with van der Waals surface area (Å²) in [4.78, 5) is 4.97. The van der Waals surface area contributed by atoms with Crippen LogP contribution in [-0.4, -0.2) is 62.2 Å². The van der Waals surface area contributed by atoms with Crippen LogP contribution in [0.15, 0.2) is 0 Å². The molecule has 0 aromatic heterocycles. The molecule has 0 aliphatic carbocycles. The molecular formula is C13H29N3. The van der Waals surface area contributed by atoms with Crippen LogP contribution in [0.3, 0.4) is 0 Å². The first-order valence-corrected chi connectivity index (χ1v) is 6.83. The predicted octanol–water partition coefficient (Wildman–Crippen LogP) is 1.40. The Morgan fingerprint density at radius 3 is 2.50 bits per heavy atom. The maximum absolute atomic E-state index is 3.53. The highest BCUT2D eigenvalue weighted by atomic mass is 15.1. The fourth-order valence-corrected chi connectivity index (χ4v) is 2.07. The second-order valence-corrected chi connectivity index (χ2v) is 5.23. The van der Waals surface area contributed by atoms with E-state index < -0.39 is 0 Å². The zero-order chi connectivity index (χ0) is 11.8. The largest absolute Gasteiger partial charge is 0.315 e. The van der Waals surface area contributed by atoms with Crippen LogP contribution in [0, 0.1) is 0 Å². The smallest absolute Gasteiger partial charge is 0.0106 e. The lowest BCUT2D eigenvalue weighted by Crippen LogP contribution is -2.34. The molecule has 0 aromatic carbocycles. The monoisotopic (exact) mass is 227 g/mol. The first kappa shape index (κ1) is 13.9. The Kier molecular flexibility index (Phi) is 7.01. The van der Waals surface area contributed by atoms with Crippen LogP contribution in [0.25, 0.3) is 0 Å². The van der Waals surface area contributed by atoms with Crippen LogP contribution in [0.2, 0.25) is 0 Å². The first-order chi connectivity index (χ1) is 7.70. The Balaban J connectivity index is 1.84. The summed E-state index contributed by atoms with van der Waals surface area (Å²) < 4.78 is 0. The van der Waals surface area contributed by atoms with Crippen LogP contribution in [0.5, 0.6) is 0 Å². The molecule has 0 spiro atoms. The van der Waals surface area contributed by atoms with Crippen molar-refractivity contribution in [3.05, 3.63) is 0 Å². The molecule has 1 aliphatic heterocycles. The molecule has 0 atom stereocenters. The van der Waals surface area contributed by atoms with E-state index in [9.17, 15) is 0 Å². The summed E-state index contributed by atoms with van der Waals surface area (Å²) in [7, 11) is 2.19. The van der Waals surface area contributed by atoms with Gasteiger partial charge in [0, 0.05) is 19.1 Å². The molecule has 3 heteroatoms. The van der Waals surface area contributed by atoms with Gasteiger partial charge in [-0.15, -0.1) is 0 Å². The van der Waals surface area contributed by atoms with Gasteiger partial charge in [0.1, 0.15) is 0 Å². The van der Waals surface area contributed by atoms with Crippen molar-refractivity contribution in [2.24, 2.45) is 0 Å². The highest BCUT2D eigenvalue weighted by Gasteiger charge is 2.09. The van der Waals surface area contributed by atoms with Crippen molar-refractivity contribution in [2.75, 3.05) is 46.3 Å². The quantitative estimate of drug-likeness (QED) is 0.632. The molecule has 0 aromatic rings. The number of likely N-dealkylation sites (N-methyl/N-ethyl adjacent to an activating group) is 1. The maximum Gasteiger partial charge on any atom is 0.0106 e. The van der Waals surface area contributed by atoms with Gasteiger partial charge < -0.3 is 15.1 Å². The average molecular weight is 227 g/mol. The van der Waals surface area contributed by atoms with Crippen molar-refractivity contribution < 1.29 is 0 Å². The van der Waals surface area contributed by atoms with E-state index >= 15 is 0 Å². The molecule has 1 rings (SSSR count). The summed E-state index contributed by atoms with van der Waals surface area (Å²) in [5.41, 5.74) is 0. The van der Waals surface area contributed by atoms with Gasteiger partial charge in [-0.25, -0.2) is 0 Å². The van der Waals surface area contributed by atoms with Crippen molar-refractivity contribution in [3.63, 3.8) is 0 Å². The number of rotatable bonds is 8. The molecule has 1 N–H and O–H groups in total. The zero-order valence-corrected chi connectivity index (χ0v) is 11.3. The van der Waals surface area contributed by atoms with Crippen molar-refractivity contribution in [1.82, 2.24) is 15.1 Å². The highest BCUT2D eigenvalue weighted by molar-refractivity contribution is 4.66. The van der Waals surface area contributed by atoms with Gasteiger partial charge in [-0.3, -0.25) is 0 Å². The summed E-state index contributed by atoms with van der Waals surface area (Å²) in [5, 5.41) is 3.53. The Labute approximate surface area is 101 Å². The summed E-state index contributed by atoms with van der Waals surface area (Å²) in [6.07, 6.45) is 4.12. The minimum Gasteiger partial charge on any atom is -0.315 e. The summed E-state index contributed by atoms with van der Waals surface area (Å²) >= 11 is 0. The van der Waals surface area contributed by atoms with E-state index in [2.05, 4.69) is 36.0 Å². The molecule has 3 nitrogen and oxygen atoms in total. The first-order valence-electron chi connectivity index (χ1n) is 6.83. The van der Waals surface area contributed by atoms with Gasteiger partial charge in [0.25, 0.3) is 0 Å². The lowest BCUT2D eigenvalue weighted by molar-refractivity contribution is 0.271. The molecule has 16 heavy (non-hydrogen) atoms. The van der Waals surface area contributed by atoms with Crippen LogP contribution in [0.4, 0.5) is 0 Å². The lowest BCUT2D eigenvalue weighted by atomic mass is 10.3. The van der Waals surface area contributed by atoms with Crippen molar-refractivity contribution in [2.45, 2.75) is 39.2 Å². The summed E-state index contributed by atoms with van der Waals surface area (Å²) in [6, 6.07) is 0.659. The molecule has 0 radical (unpaired) electrons. The highest BCUT2D eigenvalue weighted by Crippen LogP contribution is 2.06. The van der Waals surface area contributed by atoms with Gasteiger partial charge >= 0.3 is 0 Å². The van der Waals surface area contributed by atoms with E-state index in [0.717, 1.165) is 13.1 Å². The third-order valence-electron chi connectivity index (χ3n) is 3.55. The summed E-state index contributed by atoms with van der Waals surface area (Å²) in [6.45, 7) is 11.9. The van der Waals surface area contributed by atoms with Crippen LogP contribution in [0.1, 0.15) is 33.1 Å². The van der Waals surface area contributed by atoms with E-state index in [4.69, 9.17) is 0 Å². The van der Waals surface area contributed by atoms with Crippen LogP contribution >= 0.6 is 0 Å². The molecule has 0 bridgehead atoms. The standard InChI is InChI=1S/C13H29N3/c1-13(2)15(3)12-8-14-7-6-11-16-9-4-5-10-16/h13-14H,4-12H2,1-3H3. The van der Waals surface area contributed by atoms with Crippen LogP contribution in [-0.2, 0) is 0 Å². The fraction of sp³-hybridized carbons (Fsp3) is 1.00. The Hall–Kier alpha value is -0.120. The number of nitrogens with zero attached hydrogens (tertiary/aromatic N) is 2. The van der Waals surface area contributed by atoms with Crippen molar-refractivity contribution >= 4 is 0 Å². The molecule has 1 heterocycles. The third kappa shape index (κ3) is 5.83. The molecule has 1 fully saturated rings. The van der Waals surface area contributed by atoms with E-state index in [1.165, 1.54) is 45.4 Å². The van der Waals surface area contributed by atoms with Gasteiger partial charge in [-0.05, 0) is 66.3 Å². The molecule has 1 aliphatic rings. The SMILES string of the molecule is CC(C)N(C)CCNCCCN1CCCC1. The summed E-state index contributed by atoms with van der Waals surface area (Å²) in [5.74, 6) is 0. The molecule has 1 saturated heterocycles. The normalized spacial score (nSPS) is 17.8.